The predicted molar refractivity (Wildman–Crippen MR) is 67.7 cm³/mol. The average molecular weight is 264 g/mol. The number of esters is 1. The van der Waals surface area contributed by atoms with Crippen molar-refractivity contribution in [2.75, 3.05) is 7.11 Å². The van der Waals surface area contributed by atoms with Crippen LogP contribution in [0.5, 0.6) is 0 Å². The van der Waals surface area contributed by atoms with Crippen molar-refractivity contribution < 1.29 is 14.3 Å². The summed E-state index contributed by atoms with van der Waals surface area (Å²) in [6.45, 7) is 0. The molecule has 0 aliphatic carbocycles. The Bertz CT molecular complexity index is 625. The Balaban J connectivity index is 2.48. The Morgan fingerprint density at radius 3 is 2.83 bits per heavy atom. The summed E-state index contributed by atoms with van der Waals surface area (Å²) in [6.07, 6.45) is 1.21. The smallest absolute Gasteiger partial charge is 0.313 e. The summed E-state index contributed by atoms with van der Waals surface area (Å²) < 4.78 is 4.48. The molecule has 4 nitrogen and oxygen atoms in total. The number of hydrogen-bond donors (Lipinski definition) is 0. The first-order chi connectivity index (χ1) is 8.63. The van der Waals surface area contributed by atoms with E-state index in [1.54, 1.807) is 24.3 Å². The fourth-order valence-electron chi connectivity index (χ4n) is 1.68. The van der Waals surface area contributed by atoms with Crippen molar-refractivity contribution in [3.05, 3.63) is 41.0 Å². The first-order valence-electron chi connectivity index (χ1n) is 5.26. The standard InChI is InChI=1S/C13H10ClNO3/c1-18-12(17)7-11(16)8-5-6-15-13-9(8)3-2-4-10(13)14/h2-6H,7H2,1H3. The highest BCUT2D eigenvalue weighted by Crippen LogP contribution is 2.24. The van der Waals surface area contributed by atoms with Gasteiger partial charge >= 0.3 is 5.97 Å². The van der Waals surface area contributed by atoms with Crippen LogP contribution < -0.4 is 0 Å². The second-order valence-electron chi connectivity index (χ2n) is 3.67. The SMILES string of the molecule is COC(=O)CC(=O)c1ccnc2c(Cl)cccc12. The first-order valence-corrected chi connectivity index (χ1v) is 5.64. The molecule has 0 aliphatic heterocycles. The summed E-state index contributed by atoms with van der Waals surface area (Å²) in [7, 11) is 1.25. The topological polar surface area (TPSA) is 56.3 Å². The molecule has 18 heavy (non-hydrogen) atoms. The van der Waals surface area contributed by atoms with Crippen LogP contribution in [0.2, 0.25) is 5.02 Å². The van der Waals surface area contributed by atoms with Crippen molar-refractivity contribution in [2.24, 2.45) is 0 Å². The molecule has 0 aliphatic rings. The van der Waals surface area contributed by atoms with Crippen molar-refractivity contribution in [1.29, 1.82) is 0 Å². The van der Waals surface area contributed by atoms with Gasteiger partial charge in [0.15, 0.2) is 5.78 Å². The number of ether oxygens (including phenoxy) is 1. The second-order valence-corrected chi connectivity index (χ2v) is 4.08. The minimum absolute atomic E-state index is 0.290. The number of para-hydroxylation sites is 1. The summed E-state index contributed by atoms with van der Waals surface area (Å²) in [5.74, 6) is -0.872. The van der Waals surface area contributed by atoms with Gasteiger partial charge in [-0.3, -0.25) is 14.6 Å². The van der Waals surface area contributed by atoms with E-state index < -0.39 is 5.97 Å². The van der Waals surface area contributed by atoms with Crippen molar-refractivity contribution >= 4 is 34.3 Å². The van der Waals surface area contributed by atoms with Crippen molar-refractivity contribution in [2.45, 2.75) is 6.42 Å². The lowest BCUT2D eigenvalue weighted by molar-refractivity contribution is -0.139. The van der Waals surface area contributed by atoms with Crippen molar-refractivity contribution in [1.82, 2.24) is 4.98 Å². The summed E-state index contributed by atoms with van der Waals surface area (Å²) in [5, 5.41) is 1.11. The molecular weight excluding hydrogens is 254 g/mol. The molecule has 5 heteroatoms. The fraction of sp³-hybridized carbons (Fsp3) is 0.154. The van der Waals surface area contributed by atoms with Gasteiger partial charge in [0.05, 0.1) is 17.6 Å². The van der Waals surface area contributed by atoms with Gasteiger partial charge in [-0.15, -0.1) is 0 Å². The van der Waals surface area contributed by atoms with Gasteiger partial charge < -0.3 is 4.74 Å². The highest BCUT2D eigenvalue weighted by Gasteiger charge is 2.15. The maximum absolute atomic E-state index is 12.0. The number of Topliss-reactive ketones (excluding diaryl/α,β-unsaturated/α-hetero) is 1. The lowest BCUT2D eigenvalue weighted by Crippen LogP contribution is -2.10. The van der Waals surface area contributed by atoms with Gasteiger partial charge in [0.25, 0.3) is 0 Å². The van der Waals surface area contributed by atoms with Crippen LogP contribution in [0.15, 0.2) is 30.5 Å². The molecule has 0 fully saturated rings. The summed E-state index contributed by atoms with van der Waals surface area (Å²) in [6, 6.07) is 6.76. The Morgan fingerprint density at radius 1 is 1.33 bits per heavy atom. The molecule has 0 saturated heterocycles. The van der Waals surface area contributed by atoms with E-state index in [9.17, 15) is 9.59 Å². The Kier molecular flexibility index (Phi) is 3.58. The zero-order valence-corrected chi connectivity index (χ0v) is 10.4. The number of nitrogens with zero attached hydrogens (tertiary/aromatic N) is 1. The molecule has 1 aromatic heterocycles. The lowest BCUT2D eigenvalue weighted by atomic mass is 10.0. The number of methoxy groups -OCH3 is 1. The maximum atomic E-state index is 12.0. The molecule has 92 valence electrons. The van der Waals surface area contributed by atoms with E-state index >= 15 is 0 Å². The van der Waals surface area contributed by atoms with E-state index in [1.807, 2.05) is 0 Å². The summed E-state index contributed by atoms with van der Waals surface area (Å²) >= 11 is 6.00. The van der Waals surface area contributed by atoms with Crippen LogP contribution >= 0.6 is 11.6 Å². The van der Waals surface area contributed by atoms with Gasteiger partial charge in [-0.1, -0.05) is 23.7 Å². The normalized spacial score (nSPS) is 10.3. The fourth-order valence-corrected chi connectivity index (χ4v) is 1.90. The molecule has 0 atom stereocenters. The third-order valence-corrected chi connectivity index (χ3v) is 2.86. The number of carbonyl (C=O) groups excluding carboxylic acids is 2. The molecule has 0 amide bonds. The first kappa shape index (κ1) is 12.5. The quantitative estimate of drug-likeness (QED) is 0.485. The van der Waals surface area contributed by atoms with Gasteiger partial charge in [-0.05, 0) is 12.1 Å². The average Bonchev–Trinajstić information content (AvgIpc) is 2.38. The predicted octanol–water partition coefficient (Wildman–Crippen LogP) is 2.63. The molecule has 0 unspecified atom stereocenters. The number of fused-ring (bicyclic) bond motifs is 1. The third-order valence-electron chi connectivity index (χ3n) is 2.55. The minimum Gasteiger partial charge on any atom is -0.469 e. The van der Waals surface area contributed by atoms with E-state index in [1.165, 1.54) is 13.3 Å². The zero-order chi connectivity index (χ0) is 13.1. The van der Waals surface area contributed by atoms with E-state index in [2.05, 4.69) is 9.72 Å². The number of benzene rings is 1. The molecular formula is C13H10ClNO3. The van der Waals surface area contributed by atoms with Crippen LogP contribution in [0, 0.1) is 0 Å². The Hall–Kier alpha value is -1.94. The number of aromatic nitrogens is 1. The number of rotatable bonds is 3. The van der Waals surface area contributed by atoms with Gasteiger partial charge in [-0.25, -0.2) is 0 Å². The third kappa shape index (κ3) is 2.33. The second kappa shape index (κ2) is 5.14. The lowest BCUT2D eigenvalue weighted by Gasteiger charge is -2.05. The molecule has 2 rings (SSSR count). The maximum Gasteiger partial charge on any atom is 0.313 e. The Labute approximate surface area is 109 Å². The van der Waals surface area contributed by atoms with Crippen molar-refractivity contribution in [3.63, 3.8) is 0 Å². The Morgan fingerprint density at radius 2 is 2.11 bits per heavy atom. The molecule has 0 saturated carbocycles. The van der Waals surface area contributed by atoms with E-state index in [-0.39, 0.29) is 12.2 Å². The molecule has 1 aromatic carbocycles. The monoisotopic (exact) mass is 263 g/mol. The molecule has 2 aromatic rings. The van der Waals surface area contributed by atoms with Crippen molar-refractivity contribution in [3.8, 4) is 0 Å². The number of halogens is 1. The van der Waals surface area contributed by atoms with Gasteiger partial charge in [0.2, 0.25) is 0 Å². The minimum atomic E-state index is -0.563. The van der Waals surface area contributed by atoms with Crippen LogP contribution in [0.3, 0.4) is 0 Å². The van der Waals surface area contributed by atoms with Crippen LogP contribution in [0.25, 0.3) is 10.9 Å². The van der Waals surface area contributed by atoms with Crippen LogP contribution in [-0.4, -0.2) is 23.8 Å². The largest absolute Gasteiger partial charge is 0.469 e. The zero-order valence-electron chi connectivity index (χ0n) is 9.64. The van der Waals surface area contributed by atoms with Crippen LogP contribution in [0.4, 0.5) is 0 Å². The summed E-state index contributed by atoms with van der Waals surface area (Å²) in [4.78, 5) is 27.2. The van der Waals surface area contributed by atoms with Gasteiger partial charge in [-0.2, -0.15) is 0 Å². The van der Waals surface area contributed by atoms with E-state index in [4.69, 9.17) is 11.6 Å². The molecule has 0 radical (unpaired) electrons. The number of hydrogen-bond acceptors (Lipinski definition) is 4. The molecule has 0 spiro atoms. The highest BCUT2D eigenvalue weighted by molar-refractivity contribution is 6.35. The molecule has 0 N–H and O–H groups in total. The number of carbonyl (C=O) groups is 2. The number of ketones is 1. The number of pyridine rings is 1. The van der Waals surface area contributed by atoms with E-state index in [0.717, 1.165) is 0 Å². The van der Waals surface area contributed by atoms with Crippen LogP contribution in [0.1, 0.15) is 16.8 Å². The molecule has 1 heterocycles. The highest BCUT2D eigenvalue weighted by atomic mass is 35.5. The summed E-state index contributed by atoms with van der Waals surface area (Å²) in [5.41, 5.74) is 0.975. The van der Waals surface area contributed by atoms with Gasteiger partial charge in [0, 0.05) is 17.1 Å². The van der Waals surface area contributed by atoms with E-state index in [0.29, 0.717) is 21.5 Å². The van der Waals surface area contributed by atoms with Crippen LogP contribution in [-0.2, 0) is 9.53 Å². The van der Waals surface area contributed by atoms with Gasteiger partial charge in [0.1, 0.15) is 6.42 Å². The molecule has 0 bridgehead atoms.